The maximum atomic E-state index is 10.8. The summed E-state index contributed by atoms with van der Waals surface area (Å²) in [5.74, 6) is 3.08. The molecular weight excluding hydrogens is 272 g/mol. The number of rotatable bonds is 4. The van der Waals surface area contributed by atoms with Crippen molar-refractivity contribution in [1.82, 2.24) is 0 Å². The third-order valence-corrected chi connectivity index (χ3v) is 2.36. The summed E-state index contributed by atoms with van der Waals surface area (Å²) in [6.07, 6.45) is 5.11. The molecule has 0 radical (unpaired) electrons. The van der Waals surface area contributed by atoms with Crippen LogP contribution in [0.1, 0.15) is 12.5 Å². The van der Waals surface area contributed by atoms with Crippen molar-refractivity contribution in [3.63, 3.8) is 0 Å². The van der Waals surface area contributed by atoms with E-state index < -0.39 is 0 Å². The second kappa shape index (κ2) is 6.19. The molecule has 0 heterocycles. The van der Waals surface area contributed by atoms with Crippen LogP contribution in [-0.4, -0.2) is 12.6 Å². The summed E-state index contributed by atoms with van der Waals surface area (Å²) in [4.78, 5) is 10.8. The molecule has 0 saturated carbocycles. The fourth-order valence-electron chi connectivity index (χ4n) is 1.13. The molecular formula is C12H11BrO3. The molecule has 0 aliphatic rings. The van der Waals surface area contributed by atoms with Gasteiger partial charge in [0.05, 0.1) is 0 Å². The third kappa shape index (κ3) is 3.59. The van der Waals surface area contributed by atoms with Crippen LogP contribution in [0.25, 0.3) is 0 Å². The molecule has 3 nitrogen and oxygen atoms in total. The fraction of sp³-hybridized carbons (Fsp3) is 0.250. The first-order valence-corrected chi connectivity index (χ1v) is 5.73. The highest BCUT2D eigenvalue weighted by Gasteiger charge is 2.06. The van der Waals surface area contributed by atoms with Gasteiger partial charge in [0.1, 0.15) is 18.1 Å². The van der Waals surface area contributed by atoms with Gasteiger partial charge in [0.15, 0.2) is 0 Å². The first-order valence-electron chi connectivity index (χ1n) is 4.61. The molecule has 0 amide bonds. The molecule has 0 saturated heterocycles. The summed E-state index contributed by atoms with van der Waals surface area (Å²) < 4.78 is 10.3. The van der Waals surface area contributed by atoms with Crippen LogP contribution in [0.5, 0.6) is 11.5 Å². The van der Waals surface area contributed by atoms with Gasteiger partial charge < -0.3 is 9.47 Å². The van der Waals surface area contributed by atoms with Crippen molar-refractivity contribution < 1.29 is 14.3 Å². The molecule has 1 rings (SSSR count). The Morgan fingerprint density at radius 1 is 1.56 bits per heavy atom. The highest BCUT2D eigenvalue weighted by atomic mass is 79.9. The lowest BCUT2D eigenvalue weighted by molar-refractivity contribution is -0.131. The van der Waals surface area contributed by atoms with Crippen molar-refractivity contribution in [2.45, 2.75) is 12.3 Å². The van der Waals surface area contributed by atoms with Crippen LogP contribution in [-0.2, 0) is 10.1 Å². The molecule has 0 bridgehead atoms. The van der Waals surface area contributed by atoms with Crippen molar-refractivity contribution in [2.75, 3.05) is 6.61 Å². The second-order valence-electron chi connectivity index (χ2n) is 2.99. The van der Waals surface area contributed by atoms with E-state index >= 15 is 0 Å². The predicted octanol–water partition coefficient (Wildman–Crippen LogP) is 2.52. The molecule has 0 atom stereocenters. The van der Waals surface area contributed by atoms with Gasteiger partial charge in [-0.1, -0.05) is 27.9 Å². The number of hydrogen-bond acceptors (Lipinski definition) is 3. The average molecular weight is 283 g/mol. The number of carbonyl (C=O) groups is 1. The van der Waals surface area contributed by atoms with Crippen molar-refractivity contribution in [3.8, 4) is 23.8 Å². The van der Waals surface area contributed by atoms with Crippen LogP contribution < -0.4 is 9.47 Å². The number of halogens is 1. The summed E-state index contributed by atoms with van der Waals surface area (Å²) in [5, 5.41) is 0.646. The maximum Gasteiger partial charge on any atom is 0.308 e. The van der Waals surface area contributed by atoms with Gasteiger partial charge in [0.25, 0.3) is 0 Å². The first-order chi connectivity index (χ1) is 7.67. The van der Waals surface area contributed by atoms with Gasteiger partial charge in [0, 0.05) is 23.9 Å². The molecule has 0 aliphatic heterocycles. The van der Waals surface area contributed by atoms with E-state index in [0.717, 1.165) is 5.56 Å². The summed E-state index contributed by atoms with van der Waals surface area (Å²) in [6, 6.07) is 5.18. The Labute approximate surface area is 103 Å². The Kier molecular flexibility index (Phi) is 4.87. The van der Waals surface area contributed by atoms with Gasteiger partial charge in [-0.05, 0) is 6.07 Å². The molecule has 1 aromatic rings. The lowest BCUT2D eigenvalue weighted by Gasteiger charge is -2.09. The lowest BCUT2D eigenvalue weighted by Crippen LogP contribution is -2.03. The minimum absolute atomic E-state index is 0.184. The van der Waals surface area contributed by atoms with Crippen molar-refractivity contribution >= 4 is 21.9 Å². The van der Waals surface area contributed by atoms with Gasteiger partial charge in [-0.3, -0.25) is 4.79 Å². The van der Waals surface area contributed by atoms with Crippen LogP contribution >= 0.6 is 15.9 Å². The zero-order valence-electron chi connectivity index (χ0n) is 8.83. The van der Waals surface area contributed by atoms with E-state index in [1.807, 2.05) is 6.07 Å². The number of ether oxygens (including phenoxy) is 2. The van der Waals surface area contributed by atoms with Crippen molar-refractivity contribution in [1.29, 1.82) is 0 Å². The van der Waals surface area contributed by atoms with Crippen molar-refractivity contribution in [2.24, 2.45) is 0 Å². The smallest absolute Gasteiger partial charge is 0.308 e. The largest absolute Gasteiger partial charge is 0.480 e. The van der Waals surface area contributed by atoms with E-state index in [1.165, 1.54) is 6.92 Å². The van der Waals surface area contributed by atoms with E-state index in [0.29, 0.717) is 16.8 Å². The standard InChI is InChI=1S/C12H11BrO3/c1-3-6-15-12-7-11(16-9(2)14)5-4-10(12)8-13/h1,4-5,7H,6,8H2,2H3. The average Bonchev–Trinajstić information content (AvgIpc) is 2.25. The Morgan fingerprint density at radius 2 is 2.31 bits per heavy atom. The second-order valence-corrected chi connectivity index (χ2v) is 3.55. The van der Waals surface area contributed by atoms with Crippen LogP contribution in [0.4, 0.5) is 0 Å². The first kappa shape index (κ1) is 12.6. The van der Waals surface area contributed by atoms with Gasteiger partial charge >= 0.3 is 5.97 Å². The molecule has 84 valence electrons. The Morgan fingerprint density at radius 3 is 2.88 bits per heavy atom. The normalized spacial score (nSPS) is 9.31. The monoisotopic (exact) mass is 282 g/mol. The quantitative estimate of drug-likeness (QED) is 0.368. The molecule has 0 fully saturated rings. The number of alkyl halides is 1. The van der Waals surface area contributed by atoms with Crippen LogP contribution in [0, 0.1) is 12.3 Å². The minimum Gasteiger partial charge on any atom is -0.480 e. The summed E-state index contributed by atoms with van der Waals surface area (Å²) in [5.41, 5.74) is 0.950. The Balaban J connectivity index is 2.92. The lowest BCUT2D eigenvalue weighted by atomic mass is 10.2. The number of hydrogen-bond donors (Lipinski definition) is 0. The Hall–Kier alpha value is -1.47. The van der Waals surface area contributed by atoms with Gasteiger partial charge in [0.2, 0.25) is 0 Å². The molecule has 1 aromatic carbocycles. The van der Waals surface area contributed by atoms with E-state index in [2.05, 4.69) is 21.9 Å². The summed E-state index contributed by atoms with van der Waals surface area (Å²) in [7, 11) is 0. The van der Waals surface area contributed by atoms with Gasteiger partial charge in [-0.15, -0.1) is 6.42 Å². The predicted molar refractivity (Wildman–Crippen MR) is 64.7 cm³/mol. The van der Waals surface area contributed by atoms with Gasteiger partial charge in [-0.2, -0.15) is 0 Å². The van der Waals surface area contributed by atoms with Crippen LogP contribution in [0.2, 0.25) is 0 Å². The number of benzene rings is 1. The number of carbonyl (C=O) groups excluding carboxylic acids is 1. The van der Waals surface area contributed by atoms with E-state index in [4.69, 9.17) is 15.9 Å². The molecule has 0 spiro atoms. The summed E-state index contributed by atoms with van der Waals surface area (Å²) >= 11 is 3.34. The minimum atomic E-state index is -0.366. The van der Waals surface area contributed by atoms with Crippen LogP contribution in [0.15, 0.2) is 18.2 Å². The van der Waals surface area contributed by atoms with E-state index in [1.54, 1.807) is 12.1 Å². The number of esters is 1. The number of terminal acetylenes is 1. The zero-order chi connectivity index (χ0) is 12.0. The summed E-state index contributed by atoms with van der Waals surface area (Å²) in [6.45, 7) is 1.53. The molecule has 0 aromatic heterocycles. The molecule has 16 heavy (non-hydrogen) atoms. The fourth-order valence-corrected chi connectivity index (χ4v) is 1.59. The molecule has 4 heteroatoms. The SMILES string of the molecule is C#CCOc1cc(OC(C)=O)ccc1CBr. The molecule has 0 aliphatic carbocycles. The highest BCUT2D eigenvalue weighted by Crippen LogP contribution is 2.26. The third-order valence-electron chi connectivity index (χ3n) is 1.76. The van der Waals surface area contributed by atoms with E-state index in [9.17, 15) is 4.79 Å². The van der Waals surface area contributed by atoms with Crippen molar-refractivity contribution in [3.05, 3.63) is 23.8 Å². The van der Waals surface area contributed by atoms with E-state index in [-0.39, 0.29) is 12.6 Å². The van der Waals surface area contributed by atoms with Crippen LogP contribution in [0.3, 0.4) is 0 Å². The maximum absolute atomic E-state index is 10.8. The topological polar surface area (TPSA) is 35.5 Å². The molecule has 0 N–H and O–H groups in total. The highest BCUT2D eigenvalue weighted by molar-refractivity contribution is 9.08. The van der Waals surface area contributed by atoms with Gasteiger partial charge in [-0.25, -0.2) is 0 Å². The molecule has 0 unspecified atom stereocenters. The Bertz CT molecular complexity index is 421. The zero-order valence-corrected chi connectivity index (χ0v) is 10.4.